The lowest BCUT2D eigenvalue weighted by molar-refractivity contribution is -0.140. The average Bonchev–Trinajstić information content (AvgIpc) is 2.93. The van der Waals surface area contributed by atoms with E-state index >= 15 is 0 Å². The van der Waals surface area contributed by atoms with Crippen molar-refractivity contribution in [2.75, 3.05) is 26.4 Å². The fraction of sp³-hybridized carbons (Fsp3) is 0.875. The van der Waals surface area contributed by atoms with Gasteiger partial charge in [-0.05, 0) is 57.9 Å². The van der Waals surface area contributed by atoms with E-state index in [9.17, 15) is 0 Å². The van der Waals surface area contributed by atoms with Crippen LogP contribution in [0.5, 0.6) is 0 Å². The van der Waals surface area contributed by atoms with Crippen molar-refractivity contribution < 1.29 is 9.47 Å². The Hall–Kier alpha value is -0.380. The van der Waals surface area contributed by atoms with Gasteiger partial charge in [-0.1, -0.05) is 11.6 Å². The highest BCUT2D eigenvalue weighted by Gasteiger charge is 2.38. The molecule has 0 bridgehead atoms. The maximum absolute atomic E-state index is 6.09. The van der Waals surface area contributed by atoms with Crippen molar-refractivity contribution in [1.29, 1.82) is 0 Å². The minimum Gasteiger partial charge on any atom is -0.381 e. The van der Waals surface area contributed by atoms with Gasteiger partial charge in [-0.15, -0.1) is 0 Å². The third-order valence-electron chi connectivity index (χ3n) is 4.91. The quantitative estimate of drug-likeness (QED) is 0.793. The number of ether oxygens (including phenoxy) is 2. The zero-order valence-corrected chi connectivity index (χ0v) is 12.0. The van der Waals surface area contributed by atoms with E-state index in [2.05, 4.69) is 11.4 Å². The third kappa shape index (κ3) is 3.59. The molecule has 2 fully saturated rings. The van der Waals surface area contributed by atoms with Crippen molar-refractivity contribution >= 4 is 0 Å². The van der Waals surface area contributed by atoms with Crippen LogP contribution in [0.3, 0.4) is 0 Å². The number of hydrogen-bond acceptors (Lipinski definition) is 3. The van der Waals surface area contributed by atoms with Gasteiger partial charge in [-0.2, -0.15) is 0 Å². The molecule has 3 nitrogen and oxygen atoms in total. The first-order valence-corrected chi connectivity index (χ1v) is 7.99. The summed E-state index contributed by atoms with van der Waals surface area (Å²) in [6.07, 6.45) is 12.2. The van der Waals surface area contributed by atoms with Crippen LogP contribution in [-0.2, 0) is 9.47 Å². The maximum atomic E-state index is 6.09. The van der Waals surface area contributed by atoms with Crippen LogP contribution in [0, 0.1) is 0 Å². The Morgan fingerprint density at radius 1 is 1.26 bits per heavy atom. The van der Waals surface area contributed by atoms with Gasteiger partial charge in [0.2, 0.25) is 0 Å². The molecule has 0 aromatic carbocycles. The molecule has 1 atom stereocenters. The molecular weight excluding hydrogens is 238 g/mol. The van der Waals surface area contributed by atoms with Crippen LogP contribution in [0.1, 0.15) is 51.4 Å². The van der Waals surface area contributed by atoms with Gasteiger partial charge < -0.3 is 14.8 Å². The second kappa shape index (κ2) is 6.38. The molecule has 0 aromatic heterocycles. The highest BCUT2D eigenvalue weighted by molar-refractivity contribution is 5.07. The predicted octanol–water partition coefficient (Wildman–Crippen LogP) is 2.80. The third-order valence-corrected chi connectivity index (χ3v) is 4.91. The molecule has 3 rings (SSSR count). The molecule has 1 unspecified atom stereocenters. The van der Waals surface area contributed by atoms with Crippen LogP contribution < -0.4 is 5.32 Å². The van der Waals surface area contributed by atoms with Gasteiger partial charge in [0.25, 0.3) is 0 Å². The minimum atomic E-state index is 0.126. The largest absolute Gasteiger partial charge is 0.381 e. The topological polar surface area (TPSA) is 30.5 Å². The normalized spacial score (nSPS) is 30.5. The molecule has 3 aliphatic rings. The number of hydrogen-bond donors (Lipinski definition) is 1. The summed E-state index contributed by atoms with van der Waals surface area (Å²) in [5.41, 5.74) is 1.79. The van der Waals surface area contributed by atoms with Crippen LogP contribution in [0.15, 0.2) is 11.6 Å². The average molecular weight is 265 g/mol. The summed E-state index contributed by atoms with van der Waals surface area (Å²) in [6, 6.07) is 0.647. The number of rotatable bonds is 4. The first kappa shape index (κ1) is 13.6. The van der Waals surface area contributed by atoms with Crippen molar-refractivity contribution in [2.45, 2.75) is 63.0 Å². The number of nitrogens with one attached hydrogen (secondary N) is 1. The summed E-state index contributed by atoms with van der Waals surface area (Å²) in [7, 11) is 0. The molecule has 3 heteroatoms. The molecule has 0 radical (unpaired) electrons. The maximum Gasteiger partial charge on any atom is 0.0741 e. The van der Waals surface area contributed by atoms with E-state index in [1.807, 2.05) is 0 Å². The Bertz CT molecular complexity index is 315. The van der Waals surface area contributed by atoms with E-state index in [0.29, 0.717) is 6.04 Å². The van der Waals surface area contributed by atoms with Crippen LogP contribution in [0.2, 0.25) is 0 Å². The van der Waals surface area contributed by atoms with Crippen molar-refractivity contribution in [3.63, 3.8) is 0 Å². The highest BCUT2D eigenvalue weighted by atomic mass is 16.5. The monoisotopic (exact) mass is 265 g/mol. The lowest BCUT2D eigenvalue weighted by Gasteiger charge is -2.43. The van der Waals surface area contributed by atoms with Crippen molar-refractivity contribution in [3.05, 3.63) is 11.6 Å². The Morgan fingerprint density at radius 3 is 2.95 bits per heavy atom. The highest BCUT2D eigenvalue weighted by Crippen LogP contribution is 2.34. The Labute approximate surface area is 116 Å². The Kier molecular flexibility index (Phi) is 4.57. The predicted molar refractivity (Wildman–Crippen MR) is 76.3 cm³/mol. The molecular formula is C16H27NO2. The van der Waals surface area contributed by atoms with Crippen molar-refractivity contribution in [2.24, 2.45) is 0 Å². The van der Waals surface area contributed by atoms with E-state index in [1.165, 1.54) is 38.5 Å². The summed E-state index contributed by atoms with van der Waals surface area (Å²) in [6.45, 7) is 3.81. The second-order valence-electron chi connectivity index (χ2n) is 6.29. The summed E-state index contributed by atoms with van der Waals surface area (Å²) in [5, 5.41) is 3.76. The van der Waals surface area contributed by atoms with E-state index in [-0.39, 0.29) is 5.60 Å². The summed E-state index contributed by atoms with van der Waals surface area (Å²) in [5.74, 6) is 0. The zero-order valence-electron chi connectivity index (χ0n) is 12.0. The molecule has 0 aromatic rings. The first-order chi connectivity index (χ1) is 9.36. The van der Waals surface area contributed by atoms with Gasteiger partial charge in [0.1, 0.15) is 0 Å². The summed E-state index contributed by atoms with van der Waals surface area (Å²) < 4.78 is 11.6. The van der Waals surface area contributed by atoms with Crippen LogP contribution in [-0.4, -0.2) is 38.0 Å². The molecule has 1 N–H and O–H groups in total. The van der Waals surface area contributed by atoms with Gasteiger partial charge >= 0.3 is 0 Å². The molecule has 2 aliphatic heterocycles. The molecule has 0 amide bonds. The SMILES string of the molecule is C1=C(CCNC2CCOC3(CCOCC3)C2)CCC1. The van der Waals surface area contributed by atoms with Crippen LogP contribution in [0.4, 0.5) is 0 Å². The van der Waals surface area contributed by atoms with E-state index in [1.54, 1.807) is 5.57 Å². The molecule has 2 saturated heterocycles. The van der Waals surface area contributed by atoms with Crippen LogP contribution >= 0.6 is 0 Å². The lowest BCUT2D eigenvalue weighted by atomic mass is 9.84. The first-order valence-electron chi connectivity index (χ1n) is 7.99. The Balaban J connectivity index is 1.43. The van der Waals surface area contributed by atoms with Crippen molar-refractivity contribution in [3.8, 4) is 0 Å². The molecule has 1 spiro atoms. The second-order valence-corrected chi connectivity index (χ2v) is 6.29. The van der Waals surface area contributed by atoms with Gasteiger partial charge in [-0.3, -0.25) is 0 Å². The summed E-state index contributed by atoms with van der Waals surface area (Å²) >= 11 is 0. The molecule has 1 aliphatic carbocycles. The van der Waals surface area contributed by atoms with Gasteiger partial charge in [0.05, 0.1) is 5.60 Å². The van der Waals surface area contributed by atoms with Gasteiger partial charge in [-0.25, -0.2) is 0 Å². The van der Waals surface area contributed by atoms with E-state index < -0.39 is 0 Å². The van der Waals surface area contributed by atoms with Gasteiger partial charge in [0, 0.05) is 25.9 Å². The standard InChI is InChI=1S/C16H27NO2/c1-2-4-14(3-1)5-9-17-15-6-10-19-16(13-15)7-11-18-12-8-16/h3,15,17H,1-2,4-13H2. The lowest BCUT2D eigenvalue weighted by Crippen LogP contribution is -2.50. The molecule has 19 heavy (non-hydrogen) atoms. The van der Waals surface area contributed by atoms with Crippen molar-refractivity contribution in [1.82, 2.24) is 5.32 Å². The number of allylic oxidation sites excluding steroid dienone is 1. The zero-order chi connectivity index (χ0) is 13.0. The molecule has 2 heterocycles. The fourth-order valence-corrected chi connectivity index (χ4v) is 3.70. The fourth-order valence-electron chi connectivity index (χ4n) is 3.70. The van der Waals surface area contributed by atoms with Crippen LogP contribution in [0.25, 0.3) is 0 Å². The van der Waals surface area contributed by atoms with E-state index in [0.717, 1.165) is 39.2 Å². The molecule has 0 saturated carbocycles. The van der Waals surface area contributed by atoms with Gasteiger partial charge in [0.15, 0.2) is 0 Å². The summed E-state index contributed by atoms with van der Waals surface area (Å²) in [4.78, 5) is 0. The van der Waals surface area contributed by atoms with E-state index in [4.69, 9.17) is 9.47 Å². The Morgan fingerprint density at radius 2 is 2.16 bits per heavy atom. The smallest absolute Gasteiger partial charge is 0.0741 e. The minimum absolute atomic E-state index is 0.126. The molecule has 108 valence electrons.